The van der Waals surface area contributed by atoms with E-state index in [1.54, 1.807) is 36.0 Å². The number of benzene rings is 1. The van der Waals surface area contributed by atoms with Crippen molar-refractivity contribution in [2.75, 3.05) is 13.4 Å². The Morgan fingerprint density at radius 3 is 2.50 bits per heavy atom. The Morgan fingerprint density at radius 2 is 1.91 bits per heavy atom. The number of halogens is 1. The van der Waals surface area contributed by atoms with Crippen LogP contribution in [0.2, 0.25) is 0 Å². The maximum absolute atomic E-state index is 12.1. The van der Waals surface area contributed by atoms with E-state index < -0.39 is 5.91 Å². The maximum Gasteiger partial charge on any atom is 0.279 e. The normalized spacial score (nSPS) is 10.1. The summed E-state index contributed by atoms with van der Waals surface area (Å²) in [5.41, 5.74) is 5.12. The minimum atomic E-state index is -0.437. The molecule has 0 aliphatic carbocycles. The number of hydrogen-bond acceptors (Lipinski definition) is 5. The highest BCUT2D eigenvalue weighted by atomic mass is 79.9. The summed E-state index contributed by atoms with van der Waals surface area (Å²) >= 11 is 6.12. The van der Waals surface area contributed by atoms with Gasteiger partial charge in [0.25, 0.3) is 11.8 Å². The van der Waals surface area contributed by atoms with E-state index >= 15 is 0 Å². The molecule has 0 bridgehead atoms. The molecule has 1 aromatic heterocycles. The zero-order valence-electron chi connectivity index (χ0n) is 11.8. The lowest BCUT2D eigenvalue weighted by Crippen LogP contribution is -2.41. The zero-order valence-corrected chi connectivity index (χ0v) is 15.0. The highest BCUT2D eigenvalue weighted by Crippen LogP contribution is 2.25. The molecule has 0 spiro atoms. The first kappa shape index (κ1) is 16.9. The van der Waals surface area contributed by atoms with Gasteiger partial charge in [0.1, 0.15) is 5.75 Å². The van der Waals surface area contributed by atoms with Crippen molar-refractivity contribution in [2.24, 2.45) is 0 Å². The standard InChI is InChI=1S/C14H13BrN2O3S2/c1-20-10-7-8(21-2)3-4-9(10)13(18)16-17-14(19)11-5-6-12(15)22-11/h3-7H,1-2H3,(H,16,18)(H,17,19). The minimum Gasteiger partial charge on any atom is -0.496 e. The molecule has 0 saturated heterocycles. The van der Waals surface area contributed by atoms with Crippen LogP contribution in [0.4, 0.5) is 0 Å². The molecule has 2 amide bonds. The van der Waals surface area contributed by atoms with E-state index in [0.29, 0.717) is 16.2 Å². The van der Waals surface area contributed by atoms with Gasteiger partial charge in [0, 0.05) is 4.90 Å². The molecule has 0 radical (unpaired) electrons. The summed E-state index contributed by atoms with van der Waals surface area (Å²) in [5.74, 6) is -0.352. The number of carbonyl (C=O) groups excluding carboxylic acids is 2. The van der Waals surface area contributed by atoms with E-state index in [2.05, 4.69) is 26.8 Å². The number of amides is 2. The van der Waals surface area contributed by atoms with Gasteiger partial charge in [-0.1, -0.05) is 0 Å². The summed E-state index contributed by atoms with van der Waals surface area (Å²) in [5, 5.41) is 0. The predicted octanol–water partition coefficient (Wildman–Crippen LogP) is 3.32. The topological polar surface area (TPSA) is 67.4 Å². The molecule has 0 unspecified atom stereocenters. The summed E-state index contributed by atoms with van der Waals surface area (Å²) in [4.78, 5) is 25.5. The molecule has 2 aromatic rings. The smallest absolute Gasteiger partial charge is 0.279 e. The lowest BCUT2D eigenvalue weighted by Gasteiger charge is -2.11. The molecule has 22 heavy (non-hydrogen) atoms. The second-order valence-corrected chi connectivity index (χ2v) is 7.42. The first-order chi connectivity index (χ1) is 10.5. The summed E-state index contributed by atoms with van der Waals surface area (Å²) in [6, 6.07) is 8.70. The van der Waals surface area contributed by atoms with Gasteiger partial charge in [-0.15, -0.1) is 23.1 Å². The van der Waals surface area contributed by atoms with Crippen molar-refractivity contribution in [1.29, 1.82) is 0 Å². The fourth-order valence-electron chi connectivity index (χ4n) is 1.66. The molecular weight excluding hydrogens is 388 g/mol. The molecule has 116 valence electrons. The molecule has 0 aliphatic heterocycles. The summed E-state index contributed by atoms with van der Waals surface area (Å²) < 4.78 is 6.06. The third-order valence-electron chi connectivity index (χ3n) is 2.74. The molecular formula is C14H13BrN2O3S2. The van der Waals surface area contributed by atoms with Gasteiger partial charge in [0.15, 0.2) is 0 Å². The van der Waals surface area contributed by atoms with Gasteiger partial charge < -0.3 is 4.74 Å². The van der Waals surface area contributed by atoms with E-state index in [0.717, 1.165) is 8.68 Å². The first-order valence-corrected chi connectivity index (χ1v) is 8.96. The molecule has 0 aliphatic rings. The number of carbonyl (C=O) groups is 2. The highest BCUT2D eigenvalue weighted by molar-refractivity contribution is 9.11. The van der Waals surface area contributed by atoms with Crippen molar-refractivity contribution in [3.05, 3.63) is 44.6 Å². The Bertz CT molecular complexity index is 703. The number of ether oxygens (including phenoxy) is 1. The van der Waals surface area contributed by atoms with Crippen LogP contribution in [0.15, 0.2) is 39.0 Å². The van der Waals surface area contributed by atoms with Crippen LogP contribution in [0.5, 0.6) is 5.75 Å². The number of hydrazine groups is 1. The summed E-state index contributed by atoms with van der Waals surface area (Å²) in [6.45, 7) is 0. The number of methoxy groups -OCH3 is 1. The van der Waals surface area contributed by atoms with Gasteiger partial charge in [-0.2, -0.15) is 0 Å². The Morgan fingerprint density at radius 1 is 1.18 bits per heavy atom. The molecule has 0 atom stereocenters. The van der Waals surface area contributed by atoms with Gasteiger partial charge in [0.2, 0.25) is 0 Å². The van der Waals surface area contributed by atoms with Crippen molar-refractivity contribution in [3.8, 4) is 5.75 Å². The van der Waals surface area contributed by atoms with E-state index in [4.69, 9.17) is 4.74 Å². The largest absolute Gasteiger partial charge is 0.496 e. The SMILES string of the molecule is COc1cc(SC)ccc1C(=O)NNC(=O)c1ccc(Br)s1. The van der Waals surface area contributed by atoms with E-state index in [-0.39, 0.29) is 5.91 Å². The van der Waals surface area contributed by atoms with Crippen LogP contribution in [0.3, 0.4) is 0 Å². The van der Waals surface area contributed by atoms with Gasteiger partial charge in [-0.25, -0.2) is 0 Å². The maximum atomic E-state index is 12.1. The Balaban J connectivity index is 2.04. The van der Waals surface area contributed by atoms with Crippen LogP contribution < -0.4 is 15.6 Å². The third kappa shape index (κ3) is 4.02. The molecule has 1 aromatic carbocycles. The average molecular weight is 401 g/mol. The monoisotopic (exact) mass is 400 g/mol. The molecule has 0 fully saturated rings. The number of thiophene rings is 1. The van der Waals surface area contributed by atoms with Gasteiger partial charge in [0.05, 0.1) is 21.3 Å². The molecule has 1 heterocycles. The fraction of sp³-hybridized carbons (Fsp3) is 0.143. The van der Waals surface area contributed by atoms with Crippen molar-refractivity contribution < 1.29 is 14.3 Å². The Kier molecular flexibility index (Phi) is 5.87. The predicted molar refractivity (Wildman–Crippen MR) is 91.7 cm³/mol. The Labute approximate surface area is 144 Å². The number of nitrogens with one attached hydrogen (secondary N) is 2. The molecule has 5 nitrogen and oxygen atoms in total. The number of thioether (sulfide) groups is 1. The molecule has 2 N–H and O–H groups in total. The van der Waals surface area contributed by atoms with Crippen LogP contribution in [0.1, 0.15) is 20.0 Å². The summed E-state index contributed by atoms with van der Waals surface area (Å²) in [6.07, 6.45) is 1.94. The fourth-order valence-corrected chi connectivity index (χ4v) is 3.38. The quantitative estimate of drug-likeness (QED) is 0.610. The van der Waals surface area contributed by atoms with Crippen molar-refractivity contribution in [3.63, 3.8) is 0 Å². The lowest BCUT2D eigenvalue weighted by molar-refractivity contribution is 0.0847. The second kappa shape index (κ2) is 7.66. The van der Waals surface area contributed by atoms with Crippen LogP contribution in [0.25, 0.3) is 0 Å². The van der Waals surface area contributed by atoms with Crippen LogP contribution in [0, 0.1) is 0 Å². The summed E-state index contributed by atoms with van der Waals surface area (Å²) in [7, 11) is 1.50. The minimum absolute atomic E-state index is 0.355. The van der Waals surface area contributed by atoms with Crippen molar-refractivity contribution >= 4 is 50.8 Å². The van der Waals surface area contributed by atoms with E-state index in [9.17, 15) is 9.59 Å². The lowest BCUT2D eigenvalue weighted by atomic mass is 10.2. The van der Waals surface area contributed by atoms with E-state index in [1.807, 2.05) is 12.3 Å². The highest BCUT2D eigenvalue weighted by Gasteiger charge is 2.15. The van der Waals surface area contributed by atoms with Crippen molar-refractivity contribution in [1.82, 2.24) is 10.9 Å². The molecule has 2 rings (SSSR count). The molecule has 0 saturated carbocycles. The third-order valence-corrected chi connectivity index (χ3v) is 5.09. The van der Waals surface area contributed by atoms with Gasteiger partial charge in [-0.3, -0.25) is 20.4 Å². The molecule has 8 heteroatoms. The van der Waals surface area contributed by atoms with Gasteiger partial charge in [-0.05, 0) is 52.5 Å². The number of rotatable bonds is 4. The Hall–Kier alpha value is -1.51. The van der Waals surface area contributed by atoms with Crippen LogP contribution >= 0.6 is 39.0 Å². The van der Waals surface area contributed by atoms with Crippen LogP contribution in [-0.2, 0) is 0 Å². The number of hydrogen-bond donors (Lipinski definition) is 2. The average Bonchev–Trinajstić information content (AvgIpc) is 2.98. The van der Waals surface area contributed by atoms with E-state index in [1.165, 1.54) is 18.4 Å². The first-order valence-electron chi connectivity index (χ1n) is 6.13. The van der Waals surface area contributed by atoms with Crippen molar-refractivity contribution in [2.45, 2.75) is 4.90 Å². The van der Waals surface area contributed by atoms with Gasteiger partial charge >= 0.3 is 0 Å². The second-order valence-electron chi connectivity index (χ2n) is 4.08. The van der Waals surface area contributed by atoms with Crippen LogP contribution in [-0.4, -0.2) is 25.2 Å². The zero-order chi connectivity index (χ0) is 16.1.